The number of rotatable bonds is 4. The van der Waals surface area contributed by atoms with E-state index in [4.69, 9.17) is 0 Å². The maximum absolute atomic E-state index is 12.9. The normalized spacial score (nSPS) is 21.7. The highest BCUT2D eigenvalue weighted by atomic mass is 16.1. The highest BCUT2D eigenvalue weighted by molar-refractivity contribution is 5.43. The number of likely N-dealkylation sites (tertiary alicyclic amines) is 1. The molecular weight excluding hydrogens is 366 g/mol. The fourth-order valence-electron chi connectivity index (χ4n) is 4.56. The van der Waals surface area contributed by atoms with Gasteiger partial charge in [-0.05, 0) is 40.3 Å². The number of aryl methyl sites for hydroxylation is 2. The molecule has 0 amide bonds. The maximum Gasteiger partial charge on any atom is 0.269 e. The minimum absolute atomic E-state index is 0.0158. The summed E-state index contributed by atoms with van der Waals surface area (Å²) in [5, 5.41) is 9.12. The molecule has 4 rings (SSSR count). The van der Waals surface area contributed by atoms with Crippen molar-refractivity contribution < 1.29 is 0 Å². The van der Waals surface area contributed by atoms with Gasteiger partial charge in [-0.1, -0.05) is 0 Å². The lowest BCUT2D eigenvalue weighted by Gasteiger charge is -2.35. The van der Waals surface area contributed by atoms with Crippen molar-refractivity contribution in [1.82, 2.24) is 29.4 Å². The van der Waals surface area contributed by atoms with Crippen molar-refractivity contribution in [3.8, 4) is 0 Å². The lowest BCUT2D eigenvalue weighted by Crippen LogP contribution is -2.45. The van der Waals surface area contributed by atoms with E-state index in [1.54, 1.807) is 10.7 Å². The first kappa shape index (κ1) is 20.1. The first-order valence-electron chi connectivity index (χ1n) is 10.7. The zero-order chi connectivity index (χ0) is 20.5. The highest BCUT2D eigenvalue weighted by Crippen LogP contribution is 2.23. The van der Waals surface area contributed by atoms with Crippen molar-refractivity contribution in [3.63, 3.8) is 0 Å². The second kappa shape index (κ2) is 8.28. The van der Waals surface area contributed by atoms with Gasteiger partial charge in [-0.25, -0.2) is 4.68 Å². The standard InChI is InChI=1S/C21H33N7O/c1-16-20(17(2)25(4)23-16)15-26-7-5-6-18(14-26)28-21(29)12-19(13-22-28)27-10-8-24(3)9-11-27/h12-13,18H,5-11,14-15H2,1-4H3/t18-/m0/s1. The summed E-state index contributed by atoms with van der Waals surface area (Å²) in [4.78, 5) is 19.9. The predicted octanol–water partition coefficient (Wildman–Crippen LogP) is 1.18. The molecule has 4 heterocycles. The van der Waals surface area contributed by atoms with Gasteiger partial charge in [0.1, 0.15) is 0 Å². The largest absolute Gasteiger partial charge is 0.368 e. The molecule has 2 aromatic heterocycles. The van der Waals surface area contributed by atoms with Gasteiger partial charge in [0.15, 0.2) is 0 Å². The fraction of sp³-hybridized carbons (Fsp3) is 0.667. The van der Waals surface area contributed by atoms with Crippen molar-refractivity contribution in [2.24, 2.45) is 7.05 Å². The van der Waals surface area contributed by atoms with E-state index in [0.717, 1.165) is 70.0 Å². The number of anilines is 1. The third kappa shape index (κ3) is 4.23. The Balaban J connectivity index is 1.46. The van der Waals surface area contributed by atoms with Gasteiger partial charge < -0.3 is 9.80 Å². The summed E-state index contributed by atoms with van der Waals surface area (Å²) < 4.78 is 3.66. The van der Waals surface area contributed by atoms with Gasteiger partial charge in [-0.15, -0.1) is 0 Å². The first-order valence-corrected chi connectivity index (χ1v) is 10.7. The van der Waals surface area contributed by atoms with Crippen LogP contribution in [0.4, 0.5) is 5.69 Å². The second-order valence-corrected chi connectivity index (χ2v) is 8.59. The van der Waals surface area contributed by atoms with Crippen molar-refractivity contribution >= 4 is 5.69 Å². The van der Waals surface area contributed by atoms with Crippen LogP contribution in [0.5, 0.6) is 0 Å². The number of likely N-dealkylation sites (N-methyl/N-ethyl adjacent to an activating group) is 1. The lowest BCUT2D eigenvalue weighted by molar-refractivity contribution is 0.159. The highest BCUT2D eigenvalue weighted by Gasteiger charge is 2.25. The molecule has 0 aromatic carbocycles. The van der Waals surface area contributed by atoms with Crippen molar-refractivity contribution in [3.05, 3.63) is 39.6 Å². The molecule has 0 radical (unpaired) electrons. The zero-order valence-electron chi connectivity index (χ0n) is 18.1. The molecule has 2 aliphatic rings. The van der Waals surface area contributed by atoms with Gasteiger partial charge in [-0.2, -0.15) is 10.2 Å². The molecule has 8 nitrogen and oxygen atoms in total. The molecule has 2 aromatic rings. The molecule has 0 N–H and O–H groups in total. The zero-order valence-corrected chi connectivity index (χ0v) is 18.1. The average molecular weight is 400 g/mol. The van der Waals surface area contributed by atoms with E-state index in [9.17, 15) is 4.79 Å². The van der Waals surface area contributed by atoms with Gasteiger partial charge in [0, 0.05) is 63.6 Å². The lowest BCUT2D eigenvalue weighted by atomic mass is 10.0. The average Bonchev–Trinajstić information content (AvgIpc) is 2.95. The molecule has 0 unspecified atom stereocenters. The summed E-state index contributed by atoms with van der Waals surface area (Å²) in [7, 11) is 4.13. The van der Waals surface area contributed by atoms with Crippen molar-refractivity contribution in [2.75, 3.05) is 51.2 Å². The van der Waals surface area contributed by atoms with Crippen molar-refractivity contribution in [2.45, 2.75) is 39.3 Å². The monoisotopic (exact) mass is 399 g/mol. The van der Waals surface area contributed by atoms with Gasteiger partial charge in [-0.3, -0.25) is 14.4 Å². The third-order valence-corrected chi connectivity index (χ3v) is 6.55. The molecule has 0 aliphatic carbocycles. The molecular formula is C21H33N7O. The molecule has 0 bridgehead atoms. The fourth-order valence-corrected chi connectivity index (χ4v) is 4.56. The van der Waals surface area contributed by atoms with E-state index in [1.165, 1.54) is 11.3 Å². The minimum Gasteiger partial charge on any atom is -0.368 e. The summed E-state index contributed by atoms with van der Waals surface area (Å²) in [6, 6.07) is 1.90. The van der Waals surface area contributed by atoms with Crippen LogP contribution in [0, 0.1) is 13.8 Å². The molecule has 1 atom stereocenters. The Hall–Kier alpha value is -2.19. The number of hydrogen-bond acceptors (Lipinski definition) is 6. The van der Waals surface area contributed by atoms with Crippen LogP contribution in [0.15, 0.2) is 17.1 Å². The molecule has 2 aliphatic heterocycles. The Morgan fingerprint density at radius 1 is 1.10 bits per heavy atom. The van der Waals surface area contributed by atoms with Crippen LogP contribution in [-0.2, 0) is 13.6 Å². The van der Waals surface area contributed by atoms with Crippen LogP contribution >= 0.6 is 0 Å². The molecule has 2 fully saturated rings. The molecule has 158 valence electrons. The summed E-state index contributed by atoms with van der Waals surface area (Å²) >= 11 is 0. The van der Waals surface area contributed by atoms with E-state index in [1.807, 2.05) is 17.9 Å². The predicted molar refractivity (Wildman–Crippen MR) is 114 cm³/mol. The van der Waals surface area contributed by atoms with Gasteiger partial charge in [0.05, 0.1) is 23.6 Å². The number of piperidine rings is 1. The number of nitrogens with zero attached hydrogens (tertiary/aromatic N) is 7. The van der Waals surface area contributed by atoms with E-state index in [0.29, 0.717) is 0 Å². The van der Waals surface area contributed by atoms with E-state index in [-0.39, 0.29) is 11.6 Å². The van der Waals surface area contributed by atoms with Crippen LogP contribution in [0.2, 0.25) is 0 Å². The Morgan fingerprint density at radius 3 is 2.52 bits per heavy atom. The van der Waals surface area contributed by atoms with Crippen LogP contribution in [-0.4, -0.2) is 75.7 Å². The summed E-state index contributed by atoms with van der Waals surface area (Å²) in [5.41, 5.74) is 4.59. The Kier molecular flexibility index (Phi) is 5.74. The van der Waals surface area contributed by atoms with E-state index in [2.05, 4.69) is 45.8 Å². The van der Waals surface area contributed by atoms with E-state index >= 15 is 0 Å². The van der Waals surface area contributed by atoms with Gasteiger partial charge in [0.2, 0.25) is 0 Å². The molecule has 8 heteroatoms. The number of piperazine rings is 1. The van der Waals surface area contributed by atoms with E-state index < -0.39 is 0 Å². The number of aromatic nitrogens is 4. The van der Waals surface area contributed by atoms with Crippen LogP contribution in [0.25, 0.3) is 0 Å². The minimum atomic E-state index is 0.0158. The van der Waals surface area contributed by atoms with Crippen molar-refractivity contribution in [1.29, 1.82) is 0 Å². The third-order valence-electron chi connectivity index (χ3n) is 6.55. The first-order chi connectivity index (χ1) is 13.9. The summed E-state index contributed by atoms with van der Waals surface area (Å²) in [6.07, 6.45) is 3.96. The second-order valence-electron chi connectivity index (χ2n) is 8.59. The Labute approximate surface area is 172 Å². The molecule has 0 spiro atoms. The number of hydrogen-bond donors (Lipinski definition) is 0. The quantitative estimate of drug-likeness (QED) is 0.770. The topological polar surface area (TPSA) is 62.4 Å². The Morgan fingerprint density at radius 2 is 1.86 bits per heavy atom. The van der Waals surface area contributed by atoms with Gasteiger partial charge >= 0.3 is 0 Å². The smallest absolute Gasteiger partial charge is 0.269 e. The molecule has 0 saturated carbocycles. The Bertz CT molecular complexity index is 910. The van der Waals surface area contributed by atoms with Crippen LogP contribution < -0.4 is 10.5 Å². The van der Waals surface area contributed by atoms with Gasteiger partial charge in [0.25, 0.3) is 5.56 Å². The molecule has 29 heavy (non-hydrogen) atoms. The maximum atomic E-state index is 12.9. The van der Waals surface area contributed by atoms with Crippen LogP contribution in [0.3, 0.4) is 0 Å². The summed E-state index contributed by atoms with van der Waals surface area (Å²) in [5.74, 6) is 0. The SMILES string of the molecule is Cc1nn(C)c(C)c1CN1CCC[C@H](n2ncc(N3CCN(C)CC3)cc2=O)C1. The van der Waals surface area contributed by atoms with Crippen LogP contribution in [0.1, 0.15) is 35.8 Å². The summed E-state index contributed by atoms with van der Waals surface area (Å²) in [6.45, 7) is 10.9. The molecule has 2 saturated heterocycles.